The number of rotatable bonds is 7. The van der Waals surface area contributed by atoms with E-state index >= 15 is 0 Å². The van der Waals surface area contributed by atoms with Crippen LogP contribution in [-0.2, 0) is 16.0 Å². The van der Waals surface area contributed by atoms with Crippen LogP contribution in [0.5, 0.6) is 0 Å². The van der Waals surface area contributed by atoms with Crippen molar-refractivity contribution in [2.45, 2.75) is 46.6 Å². The molecule has 9 heteroatoms. The van der Waals surface area contributed by atoms with Crippen LogP contribution in [0.1, 0.15) is 42.0 Å². The standard InChI is InChI=1S/C24H27N7O2/c1-15-13-22-26-16(2)21(17(3)31(22)29-15)9-10-23(32)27-19-7-5-8-20(14-19)28-24(33)18(4)30-12-6-11-25-30/h5-8,11-14,18H,9-10H2,1-4H3,(H,27,32)(H,28,33). The summed E-state index contributed by atoms with van der Waals surface area (Å²) in [5, 5.41) is 14.4. The van der Waals surface area contributed by atoms with Crippen LogP contribution >= 0.6 is 0 Å². The third kappa shape index (κ3) is 4.92. The van der Waals surface area contributed by atoms with Crippen molar-refractivity contribution in [3.8, 4) is 0 Å². The predicted octanol–water partition coefficient (Wildman–Crippen LogP) is 3.62. The molecule has 0 bridgehead atoms. The summed E-state index contributed by atoms with van der Waals surface area (Å²) in [6, 6.07) is 10.4. The summed E-state index contributed by atoms with van der Waals surface area (Å²) in [5.41, 5.74) is 5.87. The van der Waals surface area contributed by atoms with E-state index in [0.29, 0.717) is 24.2 Å². The van der Waals surface area contributed by atoms with Crippen molar-refractivity contribution in [1.82, 2.24) is 24.4 Å². The number of carbonyl (C=O) groups excluding carboxylic acids is 2. The Labute approximate surface area is 191 Å². The molecule has 3 aromatic heterocycles. The molecule has 0 fully saturated rings. The van der Waals surface area contributed by atoms with Crippen molar-refractivity contribution in [3.63, 3.8) is 0 Å². The van der Waals surface area contributed by atoms with Gasteiger partial charge in [0.2, 0.25) is 11.8 Å². The van der Waals surface area contributed by atoms with Gasteiger partial charge in [-0.3, -0.25) is 14.3 Å². The molecule has 9 nitrogen and oxygen atoms in total. The number of aromatic nitrogens is 5. The molecular formula is C24H27N7O2. The van der Waals surface area contributed by atoms with Gasteiger partial charge in [-0.2, -0.15) is 10.2 Å². The van der Waals surface area contributed by atoms with Gasteiger partial charge in [-0.05, 0) is 63.9 Å². The quantitative estimate of drug-likeness (QED) is 0.452. The highest BCUT2D eigenvalue weighted by Gasteiger charge is 2.16. The molecule has 4 aromatic rings. The second-order valence-electron chi connectivity index (χ2n) is 8.10. The van der Waals surface area contributed by atoms with Crippen molar-refractivity contribution in [2.75, 3.05) is 10.6 Å². The first-order valence-corrected chi connectivity index (χ1v) is 10.8. The SMILES string of the molecule is Cc1cc2nc(C)c(CCC(=O)Nc3cccc(NC(=O)C(C)n4cccn4)c3)c(C)n2n1. The van der Waals surface area contributed by atoms with Gasteiger partial charge in [0.1, 0.15) is 6.04 Å². The third-order valence-electron chi connectivity index (χ3n) is 5.60. The molecule has 0 aliphatic rings. The molecule has 4 rings (SSSR count). The molecule has 0 spiro atoms. The molecule has 0 radical (unpaired) electrons. The molecule has 1 aromatic carbocycles. The molecular weight excluding hydrogens is 418 g/mol. The maximum Gasteiger partial charge on any atom is 0.248 e. The highest BCUT2D eigenvalue weighted by Crippen LogP contribution is 2.19. The molecule has 0 aliphatic carbocycles. The number of hydrogen-bond donors (Lipinski definition) is 2. The summed E-state index contributed by atoms with van der Waals surface area (Å²) in [5.74, 6) is -0.302. The summed E-state index contributed by atoms with van der Waals surface area (Å²) in [6.07, 6.45) is 4.24. The zero-order chi connectivity index (χ0) is 23.5. The number of fused-ring (bicyclic) bond motifs is 1. The molecule has 0 saturated carbocycles. The molecule has 2 amide bonds. The minimum Gasteiger partial charge on any atom is -0.326 e. The van der Waals surface area contributed by atoms with Gasteiger partial charge in [0.15, 0.2) is 5.65 Å². The van der Waals surface area contributed by atoms with Gasteiger partial charge in [-0.1, -0.05) is 6.07 Å². The number of hydrogen-bond acceptors (Lipinski definition) is 5. The highest BCUT2D eigenvalue weighted by atomic mass is 16.2. The number of nitrogens with zero attached hydrogens (tertiary/aromatic N) is 5. The number of nitrogens with one attached hydrogen (secondary N) is 2. The minimum absolute atomic E-state index is 0.112. The van der Waals surface area contributed by atoms with Gasteiger partial charge < -0.3 is 10.6 Å². The van der Waals surface area contributed by atoms with Gasteiger partial charge in [-0.25, -0.2) is 9.50 Å². The number of aryl methyl sites for hydroxylation is 3. The highest BCUT2D eigenvalue weighted by molar-refractivity contribution is 5.95. The molecule has 0 aliphatic heterocycles. The lowest BCUT2D eigenvalue weighted by molar-refractivity contribution is -0.119. The van der Waals surface area contributed by atoms with E-state index in [-0.39, 0.29) is 11.8 Å². The van der Waals surface area contributed by atoms with E-state index in [4.69, 9.17) is 0 Å². The van der Waals surface area contributed by atoms with E-state index in [2.05, 4.69) is 25.8 Å². The van der Waals surface area contributed by atoms with Crippen molar-refractivity contribution < 1.29 is 9.59 Å². The number of amides is 2. The van der Waals surface area contributed by atoms with E-state index in [1.807, 2.05) is 31.4 Å². The first kappa shape index (κ1) is 22.2. The van der Waals surface area contributed by atoms with Crippen LogP contribution in [0.15, 0.2) is 48.8 Å². The monoisotopic (exact) mass is 445 g/mol. The van der Waals surface area contributed by atoms with Crippen LogP contribution in [0.4, 0.5) is 11.4 Å². The van der Waals surface area contributed by atoms with Crippen molar-refractivity contribution in [3.05, 3.63) is 71.4 Å². The van der Waals surface area contributed by atoms with Crippen molar-refractivity contribution in [1.29, 1.82) is 0 Å². The van der Waals surface area contributed by atoms with Crippen molar-refractivity contribution >= 4 is 28.8 Å². The van der Waals surface area contributed by atoms with Gasteiger partial charge >= 0.3 is 0 Å². The molecule has 1 atom stereocenters. The second kappa shape index (κ2) is 9.23. The topological polar surface area (TPSA) is 106 Å². The van der Waals surface area contributed by atoms with Crippen molar-refractivity contribution in [2.24, 2.45) is 0 Å². The van der Waals surface area contributed by atoms with E-state index < -0.39 is 6.04 Å². The molecule has 33 heavy (non-hydrogen) atoms. The average Bonchev–Trinajstić information content (AvgIpc) is 3.43. The third-order valence-corrected chi connectivity index (χ3v) is 5.60. The molecule has 0 saturated heterocycles. The lowest BCUT2D eigenvalue weighted by Gasteiger charge is -2.14. The number of anilines is 2. The Kier molecular flexibility index (Phi) is 6.21. The van der Waals surface area contributed by atoms with E-state index in [1.165, 1.54) is 0 Å². The largest absolute Gasteiger partial charge is 0.326 e. The maximum absolute atomic E-state index is 12.6. The first-order chi connectivity index (χ1) is 15.8. The lowest BCUT2D eigenvalue weighted by Crippen LogP contribution is -2.24. The smallest absolute Gasteiger partial charge is 0.248 e. The van der Waals surface area contributed by atoms with Gasteiger partial charge in [0.25, 0.3) is 0 Å². The summed E-state index contributed by atoms with van der Waals surface area (Å²) in [6.45, 7) is 7.66. The molecule has 3 heterocycles. The van der Waals surface area contributed by atoms with Crippen LogP contribution in [0, 0.1) is 20.8 Å². The van der Waals surface area contributed by atoms with E-state index in [9.17, 15) is 9.59 Å². The fourth-order valence-electron chi connectivity index (χ4n) is 3.82. The van der Waals surface area contributed by atoms with Crippen LogP contribution in [0.2, 0.25) is 0 Å². The number of carbonyl (C=O) groups is 2. The fraction of sp³-hybridized carbons (Fsp3) is 0.292. The van der Waals surface area contributed by atoms with E-state index in [0.717, 1.165) is 28.3 Å². The normalized spacial score (nSPS) is 12.0. The minimum atomic E-state index is -0.450. The van der Waals surface area contributed by atoms with Gasteiger partial charge in [0, 0.05) is 47.6 Å². The maximum atomic E-state index is 12.6. The first-order valence-electron chi connectivity index (χ1n) is 10.8. The average molecular weight is 446 g/mol. The summed E-state index contributed by atoms with van der Waals surface area (Å²) >= 11 is 0. The Morgan fingerprint density at radius 3 is 2.55 bits per heavy atom. The summed E-state index contributed by atoms with van der Waals surface area (Å²) in [7, 11) is 0. The second-order valence-corrected chi connectivity index (χ2v) is 8.10. The molecule has 2 N–H and O–H groups in total. The van der Waals surface area contributed by atoms with Gasteiger partial charge in [0.05, 0.1) is 5.69 Å². The zero-order valence-electron chi connectivity index (χ0n) is 19.2. The molecule has 170 valence electrons. The Bertz CT molecular complexity index is 1310. The van der Waals surface area contributed by atoms with E-state index in [1.54, 1.807) is 54.3 Å². The van der Waals surface area contributed by atoms with Gasteiger partial charge in [-0.15, -0.1) is 0 Å². The van der Waals surface area contributed by atoms with Crippen LogP contribution in [0.3, 0.4) is 0 Å². The van der Waals surface area contributed by atoms with Crippen LogP contribution < -0.4 is 10.6 Å². The molecule has 1 unspecified atom stereocenters. The number of benzene rings is 1. The Hall–Kier alpha value is -4.01. The van der Waals surface area contributed by atoms with Crippen LogP contribution in [0.25, 0.3) is 5.65 Å². The lowest BCUT2D eigenvalue weighted by atomic mass is 10.1. The Morgan fingerprint density at radius 2 is 1.82 bits per heavy atom. The predicted molar refractivity (Wildman–Crippen MR) is 126 cm³/mol. The fourth-order valence-corrected chi connectivity index (χ4v) is 3.82. The zero-order valence-corrected chi connectivity index (χ0v) is 19.2. The summed E-state index contributed by atoms with van der Waals surface area (Å²) in [4.78, 5) is 29.7. The Balaban J connectivity index is 1.38. The van der Waals surface area contributed by atoms with Crippen LogP contribution in [-0.4, -0.2) is 36.2 Å². The summed E-state index contributed by atoms with van der Waals surface area (Å²) < 4.78 is 3.41. The Morgan fingerprint density at radius 1 is 1.06 bits per heavy atom.